The maximum Gasteiger partial charge on any atom is 0.277 e. The van der Waals surface area contributed by atoms with Gasteiger partial charge < -0.3 is 4.90 Å². The van der Waals surface area contributed by atoms with Gasteiger partial charge in [0, 0.05) is 22.2 Å². The maximum absolute atomic E-state index is 12.6. The number of carbonyl (C=O) groups is 1. The fourth-order valence-electron chi connectivity index (χ4n) is 2.41. The Hall–Kier alpha value is -2.10. The number of nitrogens with zero attached hydrogens (tertiary/aromatic N) is 2. The monoisotopic (exact) mass is 330 g/mol. The van der Waals surface area contributed by atoms with Gasteiger partial charge in [0.05, 0.1) is 11.4 Å². The molecule has 0 aliphatic carbocycles. The minimum Gasteiger partial charge on any atom is -0.303 e. The predicted octanol–water partition coefficient (Wildman–Crippen LogP) is 4.65. The highest BCUT2D eigenvalue weighted by molar-refractivity contribution is 6.54. The van der Waals surface area contributed by atoms with Crippen LogP contribution in [0.3, 0.4) is 0 Å². The number of aliphatic imine (C=N–C) groups is 1. The van der Waals surface area contributed by atoms with E-state index in [2.05, 4.69) is 11.6 Å². The lowest BCUT2D eigenvalue weighted by Gasteiger charge is -2.13. The molecule has 1 amide bonds. The molecule has 0 aromatic heterocycles. The fraction of sp³-hybridized carbons (Fsp3) is 0.0588. The molecule has 0 atom stereocenters. The van der Waals surface area contributed by atoms with Crippen molar-refractivity contribution in [2.75, 3.05) is 11.4 Å². The number of hydrogen-bond acceptors (Lipinski definition) is 2. The predicted molar refractivity (Wildman–Crippen MR) is 91.7 cm³/mol. The topological polar surface area (TPSA) is 32.7 Å². The Morgan fingerprint density at radius 2 is 1.82 bits per heavy atom. The zero-order valence-corrected chi connectivity index (χ0v) is 13.1. The Balaban J connectivity index is 2.12. The number of halogens is 2. The molecule has 0 N–H and O–H groups in total. The van der Waals surface area contributed by atoms with Crippen LogP contribution in [-0.2, 0) is 4.79 Å². The number of fused-ring (bicyclic) bond motifs is 1. The first kappa shape index (κ1) is 14.8. The van der Waals surface area contributed by atoms with Crippen molar-refractivity contribution in [3.63, 3.8) is 0 Å². The number of rotatable bonds is 3. The molecule has 5 heteroatoms. The quantitative estimate of drug-likeness (QED) is 0.754. The largest absolute Gasteiger partial charge is 0.303 e. The summed E-state index contributed by atoms with van der Waals surface area (Å²) in [7, 11) is 0. The lowest BCUT2D eigenvalue weighted by atomic mass is 10.1. The summed E-state index contributed by atoms with van der Waals surface area (Å²) < 4.78 is 0. The maximum atomic E-state index is 12.6. The van der Waals surface area contributed by atoms with Crippen molar-refractivity contribution in [1.29, 1.82) is 0 Å². The van der Waals surface area contributed by atoms with Crippen LogP contribution in [0.15, 0.2) is 60.1 Å². The molecule has 110 valence electrons. The summed E-state index contributed by atoms with van der Waals surface area (Å²) in [4.78, 5) is 18.7. The summed E-state index contributed by atoms with van der Waals surface area (Å²) >= 11 is 12.0. The van der Waals surface area contributed by atoms with Crippen molar-refractivity contribution in [2.24, 2.45) is 4.99 Å². The van der Waals surface area contributed by atoms with Gasteiger partial charge in [-0.05, 0) is 24.3 Å². The van der Waals surface area contributed by atoms with E-state index in [9.17, 15) is 4.79 Å². The summed E-state index contributed by atoms with van der Waals surface area (Å²) in [6.45, 7) is 4.13. The van der Waals surface area contributed by atoms with E-state index >= 15 is 0 Å². The van der Waals surface area contributed by atoms with E-state index in [-0.39, 0.29) is 5.91 Å². The molecule has 2 aromatic carbocycles. The molecule has 0 unspecified atom stereocenters. The molecule has 0 fully saturated rings. The smallest absolute Gasteiger partial charge is 0.277 e. The van der Waals surface area contributed by atoms with Crippen LogP contribution in [0.5, 0.6) is 0 Å². The Morgan fingerprint density at radius 3 is 2.50 bits per heavy atom. The summed E-state index contributed by atoms with van der Waals surface area (Å²) in [6, 6.07) is 12.5. The van der Waals surface area contributed by atoms with Crippen molar-refractivity contribution in [3.8, 4) is 0 Å². The van der Waals surface area contributed by atoms with Crippen molar-refractivity contribution in [2.45, 2.75) is 0 Å². The van der Waals surface area contributed by atoms with Gasteiger partial charge in [-0.25, -0.2) is 4.99 Å². The van der Waals surface area contributed by atoms with Gasteiger partial charge in [0.1, 0.15) is 5.71 Å². The molecular formula is C17H12Cl2N2O. The molecule has 1 heterocycles. The molecule has 0 radical (unpaired) electrons. The average Bonchev–Trinajstić information content (AvgIpc) is 2.73. The highest BCUT2D eigenvalue weighted by Gasteiger charge is 2.32. The lowest BCUT2D eigenvalue weighted by Crippen LogP contribution is -2.30. The third-order valence-corrected chi connectivity index (χ3v) is 3.73. The zero-order valence-electron chi connectivity index (χ0n) is 11.6. The number of hydrogen-bond donors (Lipinski definition) is 0. The van der Waals surface area contributed by atoms with Crippen LogP contribution in [-0.4, -0.2) is 18.2 Å². The van der Waals surface area contributed by atoms with Gasteiger partial charge in [0.15, 0.2) is 0 Å². The van der Waals surface area contributed by atoms with Crippen molar-refractivity contribution >= 4 is 46.2 Å². The number of amides is 1. The second kappa shape index (κ2) is 5.95. The van der Waals surface area contributed by atoms with E-state index in [1.807, 2.05) is 24.3 Å². The molecule has 0 saturated carbocycles. The van der Waals surface area contributed by atoms with E-state index in [1.165, 1.54) is 0 Å². The number of para-hydroxylation sites is 1. The second-order valence-corrected chi connectivity index (χ2v) is 5.68. The number of carbonyl (C=O) groups excluding carboxylic acids is 1. The lowest BCUT2D eigenvalue weighted by molar-refractivity contribution is -0.112. The van der Waals surface area contributed by atoms with Crippen LogP contribution in [0.25, 0.3) is 0 Å². The molecule has 0 bridgehead atoms. The summed E-state index contributed by atoms with van der Waals surface area (Å²) in [5.41, 5.74) is 2.57. The number of anilines is 1. The SMILES string of the molecule is C=CCN1C(=O)/C(=N\c2cc(Cl)cc(Cl)c2)c2ccccc21. The van der Waals surface area contributed by atoms with Crippen LogP contribution in [0.2, 0.25) is 10.0 Å². The molecule has 1 aliphatic rings. The number of benzene rings is 2. The van der Waals surface area contributed by atoms with E-state index in [0.717, 1.165) is 11.3 Å². The first-order chi connectivity index (χ1) is 10.6. The Morgan fingerprint density at radius 1 is 1.14 bits per heavy atom. The van der Waals surface area contributed by atoms with Crippen molar-refractivity contribution in [3.05, 3.63) is 70.7 Å². The normalized spacial score (nSPS) is 15.3. The van der Waals surface area contributed by atoms with Crippen LogP contribution in [0, 0.1) is 0 Å². The van der Waals surface area contributed by atoms with E-state index in [1.54, 1.807) is 29.2 Å². The second-order valence-electron chi connectivity index (χ2n) is 4.81. The average molecular weight is 331 g/mol. The fourth-order valence-corrected chi connectivity index (χ4v) is 2.93. The summed E-state index contributed by atoms with van der Waals surface area (Å²) in [5, 5.41) is 0.960. The van der Waals surface area contributed by atoms with Crippen LogP contribution >= 0.6 is 23.2 Å². The standard InChI is InChI=1S/C17H12Cl2N2O/c1-2-7-21-15-6-4-3-5-14(15)16(17(21)22)20-13-9-11(18)8-12(19)10-13/h2-6,8-10H,1,7H2/b20-16-. The highest BCUT2D eigenvalue weighted by atomic mass is 35.5. The van der Waals surface area contributed by atoms with Gasteiger partial charge >= 0.3 is 0 Å². The van der Waals surface area contributed by atoms with Gasteiger partial charge in [-0.3, -0.25) is 4.79 Å². The molecule has 1 aliphatic heterocycles. The van der Waals surface area contributed by atoms with Crippen molar-refractivity contribution < 1.29 is 4.79 Å². The van der Waals surface area contributed by atoms with Gasteiger partial charge in [0.25, 0.3) is 5.91 Å². The van der Waals surface area contributed by atoms with Gasteiger partial charge in [-0.2, -0.15) is 0 Å². The molecule has 0 saturated heterocycles. The van der Waals surface area contributed by atoms with E-state index < -0.39 is 0 Å². The summed E-state index contributed by atoms with van der Waals surface area (Å²) in [5.74, 6) is -0.155. The molecule has 22 heavy (non-hydrogen) atoms. The first-order valence-corrected chi connectivity index (χ1v) is 7.42. The van der Waals surface area contributed by atoms with Crippen LogP contribution < -0.4 is 4.90 Å². The third kappa shape index (κ3) is 2.65. The zero-order chi connectivity index (χ0) is 15.7. The summed E-state index contributed by atoms with van der Waals surface area (Å²) in [6.07, 6.45) is 1.69. The third-order valence-electron chi connectivity index (χ3n) is 3.30. The molecule has 2 aromatic rings. The Bertz CT molecular complexity index is 779. The Labute approximate surface area is 138 Å². The molecule has 3 rings (SSSR count). The van der Waals surface area contributed by atoms with Crippen LogP contribution in [0.4, 0.5) is 11.4 Å². The van der Waals surface area contributed by atoms with Gasteiger partial charge in [-0.1, -0.05) is 47.5 Å². The Kier molecular flexibility index (Phi) is 4.01. The first-order valence-electron chi connectivity index (χ1n) is 6.67. The molecular weight excluding hydrogens is 319 g/mol. The van der Waals surface area contributed by atoms with Gasteiger partial charge in [0.2, 0.25) is 0 Å². The van der Waals surface area contributed by atoms with Gasteiger partial charge in [-0.15, -0.1) is 6.58 Å². The highest BCUT2D eigenvalue weighted by Crippen LogP contribution is 2.32. The van der Waals surface area contributed by atoms with E-state index in [0.29, 0.717) is 28.0 Å². The molecule has 3 nitrogen and oxygen atoms in total. The minimum absolute atomic E-state index is 0.155. The minimum atomic E-state index is -0.155. The van der Waals surface area contributed by atoms with Crippen LogP contribution in [0.1, 0.15) is 5.56 Å². The van der Waals surface area contributed by atoms with Crippen molar-refractivity contribution in [1.82, 2.24) is 0 Å². The molecule has 0 spiro atoms. The van der Waals surface area contributed by atoms with E-state index in [4.69, 9.17) is 23.2 Å².